The molecule has 1 amide bonds. The van der Waals surface area contributed by atoms with Crippen molar-refractivity contribution in [1.82, 2.24) is 4.90 Å². The molecule has 136 valence electrons. The Morgan fingerprint density at radius 3 is 2.62 bits per heavy atom. The van der Waals surface area contributed by atoms with Crippen LogP contribution in [0.15, 0.2) is 48.5 Å². The van der Waals surface area contributed by atoms with Crippen LogP contribution in [0, 0.1) is 11.7 Å². The number of carbonyl (C=O) groups is 2. The summed E-state index contributed by atoms with van der Waals surface area (Å²) < 4.78 is 13.3. The second-order valence-electron chi connectivity index (χ2n) is 6.86. The third-order valence-corrected chi connectivity index (χ3v) is 4.99. The third kappa shape index (κ3) is 3.93. The summed E-state index contributed by atoms with van der Waals surface area (Å²) >= 11 is 0. The van der Waals surface area contributed by atoms with Gasteiger partial charge in [-0.2, -0.15) is 0 Å². The van der Waals surface area contributed by atoms with Crippen molar-refractivity contribution in [1.29, 1.82) is 0 Å². The first-order valence-corrected chi connectivity index (χ1v) is 8.80. The highest BCUT2D eigenvalue weighted by molar-refractivity contribution is 5.85. The number of carbonyl (C=O) groups excluding carboxylic acids is 1. The molecule has 0 aromatic heterocycles. The molecule has 0 aliphatic carbocycles. The van der Waals surface area contributed by atoms with E-state index in [1.807, 2.05) is 30.3 Å². The Morgan fingerprint density at radius 2 is 1.92 bits per heavy atom. The molecule has 2 aromatic carbocycles. The Bertz CT molecular complexity index is 820. The summed E-state index contributed by atoms with van der Waals surface area (Å²) in [6, 6.07) is 13.1. The molecule has 0 radical (unpaired) electrons. The second kappa shape index (κ2) is 7.68. The number of fused-ring (bicyclic) bond motifs is 1. The van der Waals surface area contributed by atoms with Crippen LogP contribution < -0.4 is 0 Å². The number of carboxylic acids is 1. The molecule has 26 heavy (non-hydrogen) atoms. The van der Waals surface area contributed by atoms with Crippen molar-refractivity contribution < 1.29 is 19.1 Å². The van der Waals surface area contributed by atoms with Crippen LogP contribution in [-0.4, -0.2) is 27.9 Å². The SMILES string of the molecule is CC(CCc1cccc(F)c1)C(=O)N1Cc2ccccc2CC1C(=O)O. The minimum absolute atomic E-state index is 0.164. The smallest absolute Gasteiger partial charge is 0.326 e. The van der Waals surface area contributed by atoms with Crippen molar-refractivity contribution >= 4 is 11.9 Å². The van der Waals surface area contributed by atoms with E-state index in [0.717, 1.165) is 16.7 Å². The Morgan fingerprint density at radius 1 is 1.19 bits per heavy atom. The summed E-state index contributed by atoms with van der Waals surface area (Å²) in [5.74, 6) is -1.76. The predicted octanol–water partition coefficient (Wildman–Crippen LogP) is 3.43. The van der Waals surface area contributed by atoms with Gasteiger partial charge in [-0.25, -0.2) is 9.18 Å². The van der Waals surface area contributed by atoms with Gasteiger partial charge < -0.3 is 10.0 Å². The first-order valence-electron chi connectivity index (χ1n) is 8.80. The van der Waals surface area contributed by atoms with Crippen LogP contribution in [0.3, 0.4) is 0 Å². The van der Waals surface area contributed by atoms with Crippen molar-refractivity contribution in [2.45, 2.75) is 38.8 Å². The predicted molar refractivity (Wildman–Crippen MR) is 96.0 cm³/mol. The van der Waals surface area contributed by atoms with Crippen molar-refractivity contribution in [3.05, 3.63) is 71.0 Å². The summed E-state index contributed by atoms with van der Waals surface area (Å²) in [5, 5.41) is 9.57. The van der Waals surface area contributed by atoms with Crippen molar-refractivity contribution in [2.24, 2.45) is 5.92 Å². The third-order valence-electron chi connectivity index (χ3n) is 4.99. The van der Waals surface area contributed by atoms with E-state index in [2.05, 4.69) is 0 Å². The highest BCUT2D eigenvalue weighted by Gasteiger charge is 2.35. The van der Waals surface area contributed by atoms with Gasteiger partial charge in [0.05, 0.1) is 0 Å². The van der Waals surface area contributed by atoms with E-state index in [0.29, 0.717) is 25.8 Å². The summed E-state index contributed by atoms with van der Waals surface area (Å²) in [6.07, 6.45) is 1.45. The van der Waals surface area contributed by atoms with E-state index in [9.17, 15) is 19.1 Å². The molecule has 0 spiro atoms. The Hall–Kier alpha value is -2.69. The molecule has 0 saturated carbocycles. The first kappa shape index (κ1) is 18.1. The van der Waals surface area contributed by atoms with Crippen LogP contribution in [0.5, 0.6) is 0 Å². The lowest BCUT2D eigenvalue weighted by Crippen LogP contribution is -2.50. The zero-order valence-corrected chi connectivity index (χ0v) is 14.7. The van der Waals surface area contributed by atoms with Gasteiger partial charge in [0, 0.05) is 18.9 Å². The molecule has 1 aliphatic heterocycles. The Balaban J connectivity index is 1.71. The molecule has 1 heterocycles. The highest BCUT2D eigenvalue weighted by Crippen LogP contribution is 2.26. The van der Waals surface area contributed by atoms with Crippen LogP contribution in [0.4, 0.5) is 4.39 Å². The van der Waals surface area contributed by atoms with Gasteiger partial charge in [-0.05, 0) is 41.7 Å². The van der Waals surface area contributed by atoms with Crippen LogP contribution in [0.25, 0.3) is 0 Å². The molecule has 1 aliphatic rings. The van der Waals surface area contributed by atoms with Gasteiger partial charge in [-0.3, -0.25) is 4.79 Å². The lowest BCUT2D eigenvalue weighted by atomic mass is 9.91. The van der Waals surface area contributed by atoms with Gasteiger partial charge in [-0.1, -0.05) is 43.3 Å². The van der Waals surface area contributed by atoms with E-state index in [4.69, 9.17) is 0 Å². The number of hydrogen-bond acceptors (Lipinski definition) is 2. The lowest BCUT2D eigenvalue weighted by molar-refractivity contribution is -0.153. The van der Waals surface area contributed by atoms with Crippen LogP contribution in [0.2, 0.25) is 0 Å². The first-order chi connectivity index (χ1) is 12.5. The molecule has 1 N–H and O–H groups in total. The molecule has 3 rings (SSSR count). The molecular weight excluding hydrogens is 333 g/mol. The second-order valence-corrected chi connectivity index (χ2v) is 6.86. The normalized spacial score (nSPS) is 17.5. The molecule has 0 saturated heterocycles. The zero-order chi connectivity index (χ0) is 18.7. The average molecular weight is 355 g/mol. The fraction of sp³-hybridized carbons (Fsp3) is 0.333. The summed E-state index contributed by atoms with van der Waals surface area (Å²) in [6.45, 7) is 2.12. The highest BCUT2D eigenvalue weighted by atomic mass is 19.1. The van der Waals surface area contributed by atoms with E-state index in [1.54, 1.807) is 13.0 Å². The Labute approximate surface area is 152 Å². The number of aryl methyl sites for hydroxylation is 1. The van der Waals surface area contributed by atoms with Gasteiger partial charge in [0.2, 0.25) is 5.91 Å². The molecule has 0 fully saturated rings. The number of halogens is 1. The number of aliphatic carboxylic acids is 1. The number of nitrogens with zero attached hydrogens (tertiary/aromatic N) is 1. The average Bonchev–Trinajstić information content (AvgIpc) is 2.64. The molecule has 5 heteroatoms. The number of rotatable bonds is 5. The van der Waals surface area contributed by atoms with Gasteiger partial charge in [0.25, 0.3) is 0 Å². The maximum atomic E-state index is 13.3. The topological polar surface area (TPSA) is 57.6 Å². The molecule has 4 nitrogen and oxygen atoms in total. The Kier molecular flexibility index (Phi) is 5.35. The standard InChI is InChI=1S/C21H22FNO3/c1-14(9-10-15-5-4-8-18(22)11-15)20(24)23-13-17-7-3-2-6-16(17)12-19(23)21(25)26/h2-8,11,14,19H,9-10,12-13H2,1H3,(H,25,26). The number of hydrogen-bond donors (Lipinski definition) is 1. The van der Waals surface area contributed by atoms with Crippen molar-refractivity contribution in [2.75, 3.05) is 0 Å². The molecular formula is C21H22FNO3. The zero-order valence-electron chi connectivity index (χ0n) is 14.7. The van der Waals surface area contributed by atoms with E-state index in [1.165, 1.54) is 17.0 Å². The van der Waals surface area contributed by atoms with Crippen LogP contribution in [0.1, 0.15) is 30.0 Å². The molecule has 2 aromatic rings. The number of amides is 1. The van der Waals surface area contributed by atoms with Gasteiger partial charge in [-0.15, -0.1) is 0 Å². The van der Waals surface area contributed by atoms with Crippen molar-refractivity contribution in [3.63, 3.8) is 0 Å². The van der Waals surface area contributed by atoms with Gasteiger partial charge in [0.15, 0.2) is 0 Å². The van der Waals surface area contributed by atoms with Gasteiger partial charge in [0.1, 0.15) is 11.9 Å². The molecule has 2 atom stereocenters. The quantitative estimate of drug-likeness (QED) is 0.894. The fourth-order valence-corrected chi connectivity index (χ4v) is 3.46. The maximum Gasteiger partial charge on any atom is 0.326 e. The van der Waals surface area contributed by atoms with E-state index in [-0.39, 0.29) is 17.6 Å². The van der Waals surface area contributed by atoms with E-state index >= 15 is 0 Å². The fourth-order valence-electron chi connectivity index (χ4n) is 3.46. The van der Waals surface area contributed by atoms with Gasteiger partial charge >= 0.3 is 5.97 Å². The number of benzene rings is 2. The lowest BCUT2D eigenvalue weighted by Gasteiger charge is -2.36. The monoisotopic (exact) mass is 355 g/mol. The maximum absolute atomic E-state index is 13.3. The van der Waals surface area contributed by atoms with E-state index < -0.39 is 12.0 Å². The van der Waals surface area contributed by atoms with Crippen LogP contribution >= 0.6 is 0 Å². The number of carboxylic acid groups (broad SMARTS) is 1. The molecule has 0 bridgehead atoms. The largest absolute Gasteiger partial charge is 0.480 e. The molecule has 2 unspecified atom stereocenters. The summed E-state index contributed by atoms with van der Waals surface area (Å²) in [4.78, 5) is 26.1. The minimum atomic E-state index is -0.981. The summed E-state index contributed by atoms with van der Waals surface area (Å²) in [7, 11) is 0. The minimum Gasteiger partial charge on any atom is -0.480 e. The van der Waals surface area contributed by atoms with Crippen molar-refractivity contribution in [3.8, 4) is 0 Å². The summed E-state index contributed by atoms with van der Waals surface area (Å²) in [5.41, 5.74) is 2.82. The van der Waals surface area contributed by atoms with Crippen LogP contribution in [-0.2, 0) is 29.0 Å².